The second kappa shape index (κ2) is 7.45. The van der Waals surface area contributed by atoms with Gasteiger partial charge < -0.3 is 19.0 Å². The maximum atomic E-state index is 13.8. The van der Waals surface area contributed by atoms with Crippen LogP contribution in [0.2, 0.25) is 0 Å². The maximum absolute atomic E-state index is 13.8. The summed E-state index contributed by atoms with van der Waals surface area (Å²) in [6, 6.07) is 0. The van der Waals surface area contributed by atoms with Gasteiger partial charge in [0.2, 0.25) is 0 Å². The molecule has 1 aliphatic heterocycles. The molecule has 0 radical (unpaired) electrons. The molecule has 9 nitrogen and oxygen atoms in total. The van der Waals surface area contributed by atoms with Crippen molar-refractivity contribution < 1.29 is 63.5 Å². The average Bonchev–Trinajstić information content (AvgIpc) is 3.24. The zero-order valence-corrected chi connectivity index (χ0v) is 17.0. The molecule has 7 unspecified atom stereocenters. The highest BCUT2D eigenvalue weighted by atomic mass is 32.2. The molecule has 0 aromatic carbocycles. The molecule has 15 heteroatoms. The highest BCUT2D eigenvalue weighted by Gasteiger charge is 2.75. The molecule has 1 heterocycles. The summed E-state index contributed by atoms with van der Waals surface area (Å²) in [4.78, 5) is 36.5. The van der Waals surface area contributed by atoms with E-state index in [2.05, 4.69) is 11.3 Å². The maximum Gasteiger partial charge on any atom is 0.432 e. The number of hydrogen-bond donors (Lipinski definition) is 1. The molecule has 0 aromatic rings. The van der Waals surface area contributed by atoms with Crippen LogP contribution >= 0.6 is 0 Å². The predicted molar refractivity (Wildman–Crippen MR) is 90.4 cm³/mol. The lowest BCUT2D eigenvalue weighted by Gasteiger charge is -2.37. The smallest absolute Gasteiger partial charge is 0.432 e. The summed E-state index contributed by atoms with van der Waals surface area (Å²) in [7, 11) is -6.64. The zero-order chi connectivity index (χ0) is 24.4. The van der Waals surface area contributed by atoms with Gasteiger partial charge in [-0.2, -0.15) is 30.4 Å². The number of carbonyl (C=O) groups is 3. The third-order valence-corrected chi connectivity index (χ3v) is 7.04. The van der Waals surface area contributed by atoms with Crippen molar-refractivity contribution in [2.24, 2.45) is 23.2 Å². The van der Waals surface area contributed by atoms with E-state index in [9.17, 15) is 44.8 Å². The van der Waals surface area contributed by atoms with Crippen molar-refractivity contribution in [1.29, 1.82) is 0 Å². The summed E-state index contributed by atoms with van der Waals surface area (Å²) < 4.78 is 112. The van der Waals surface area contributed by atoms with Crippen molar-refractivity contribution in [2.45, 2.75) is 43.1 Å². The summed E-state index contributed by atoms with van der Waals surface area (Å²) in [6.45, 7) is 4.19. The van der Waals surface area contributed by atoms with Crippen molar-refractivity contribution in [1.82, 2.24) is 0 Å². The first-order chi connectivity index (χ1) is 14.5. The Balaban J connectivity index is 1.96. The molecular weight excluding hydrogens is 475 g/mol. The minimum atomic E-state index is -6.64. The first-order valence-electron chi connectivity index (χ1n) is 9.05. The molecule has 2 saturated carbocycles. The number of halogens is 5. The van der Waals surface area contributed by atoms with Crippen LogP contribution < -0.4 is 0 Å². The van der Waals surface area contributed by atoms with Crippen molar-refractivity contribution in [3.63, 3.8) is 0 Å². The SMILES string of the molecule is C=C(C)C(=O)OC1C2CC3C1OCC3(C=O)C2C(=O)OC(C(F)(F)F)C(F)(F)S(=O)(=O)O. The van der Waals surface area contributed by atoms with Gasteiger partial charge in [0, 0.05) is 17.4 Å². The van der Waals surface area contributed by atoms with E-state index in [1.54, 1.807) is 0 Å². The van der Waals surface area contributed by atoms with Crippen LogP contribution in [0, 0.1) is 23.2 Å². The Morgan fingerprint density at radius 2 is 1.88 bits per heavy atom. The van der Waals surface area contributed by atoms with Crippen molar-refractivity contribution >= 4 is 28.3 Å². The monoisotopic (exact) mass is 492 g/mol. The minimum Gasteiger partial charge on any atom is -0.456 e. The van der Waals surface area contributed by atoms with Gasteiger partial charge in [0.1, 0.15) is 12.4 Å². The summed E-state index contributed by atoms with van der Waals surface area (Å²) in [5, 5.41) is -5.92. The van der Waals surface area contributed by atoms with Crippen LogP contribution in [-0.4, -0.2) is 67.5 Å². The van der Waals surface area contributed by atoms with Gasteiger partial charge in [0.05, 0.1) is 24.0 Å². The second-order valence-corrected chi connectivity index (χ2v) is 9.53. The Bertz CT molecular complexity index is 962. The number of ether oxygens (including phenoxy) is 3. The van der Waals surface area contributed by atoms with Gasteiger partial charge in [-0.05, 0) is 13.3 Å². The third-order valence-electron chi connectivity index (χ3n) is 6.14. The molecule has 2 aliphatic carbocycles. The molecular formula is C17H17F5O9S. The van der Waals surface area contributed by atoms with Gasteiger partial charge in [0.15, 0.2) is 0 Å². The first-order valence-corrected chi connectivity index (χ1v) is 10.5. The Labute approximate surface area is 177 Å². The van der Waals surface area contributed by atoms with E-state index < -0.39 is 81.6 Å². The Kier molecular flexibility index (Phi) is 5.71. The number of aldehydes is 1. The van der Waals surface area contributed by atoms with Gasteiger partial charge in [-0.15, -0.1) is 0 Å². The minimum absolute atomic E-state index is 0.0251. The number of carbonyl (C=O) groups excluding carboxylic acids is 3. The second-order valence-electron chi connectivity index (χ2n) is 8.04. The molecule has 1 N–H and O–H groups in total. The number of rotatable bonds is 7. The van der Waals surface area contributed by atoms with Gasteiger partial charge >= 0.3 is 33.5 Å². The van der Waals surface area contributed by atoms with Crippen LogP contribution in [0.1, 0.15) is 13.3 Å². The summed E-state index contributed by atoms with van der Waals surface area (Å²) in [6.07, 6.45) is -12.5. The lowest BCUT2D eigenvalue weighted by atomic mass is 9.67. The van der Waals surface area contributed by atoms with Gasteiger partial charge in [-0.1, -0.05) is 6.58 Å². The fourth-order valence-corrected chi connectivity index (χ4v) is 5.23. The normalized spacial score (nSPS) is 34.8. The van der Waals surface area contributed by atoms with Crippen LogP contribution in [0.5, 0.6) is 0 Å². The van der Waals surface area contributed by atoms with E-state index in [0.717, 1.165) is 0 Å². The molecule has 3 fully saturated rings. The molecule has 7 atom stereocenters. The highest BCUT2D eigenvalue weighted by Crippen LogP contribution is 2.64. The largest absolute Gasteiger partial charge is 0.456 e. The molecule has 3 aliphatic rings. The number of fused-ring (bicyclic) bond motifs is 1. The fourth-order valence-electron chi connectivity index (χ4n) is 4.78. The Morgan fingerprint density at radius 1 is 1.28 bits per heavy atom. The summed E-state index contributed by atoms with van der Waals surface area (Å²) in [5.74, 6) is -6.57. The van der Waals surface area contributed by atoms with Crippen LogP contribution in [-0.2, 0) is 38.7 Å². The first kappa shape index (κ1) is 24.5. The molecule has 0 aromatic heterocycles. The van der Waals surface area contributed by atoms with Crippen LogP contribution in [0.4, 0.5) is 22.0 Å². The highest BCUT2D eigenvalue weighted by molar-refractivity contribution is 7.86. The molecule has 2 bridgehead atoms. The molecule has 180 valence electrons. The lowest BCUT2D eigenvalue weighted by molar-refractivity contribution is -0.262. The quantitative estimate of drug-likeness (QED) is 0.183. The van der Waals surface area contributed by atoms with Crippen LogP contribution in [0.25, 0.3) is 0 Å². The standard InChI is InChI=1S/C17H17F5O9S/c1-6(2)12(24)30-10-7-3-8-11(10)29-5-15(8,4-23)9(7)13(25)31-14(16(18,19)20)17(21,22)32(26,27)28/h4,7-11,14H,1,3,5H2,2H3,(H,26,27,28). The summed E-state index contributed by atoms with van der Waals surface area (Å²) in [5.41, 5.74) is -1.78. The van der Waals surface area contributed by atoms with Gasteiger partial charge in [-0.25, -0.2) is 4.79 Å². The fraction of sp³-hybridized carbons (Fsp3) is 0.706. The number of esters is 2. The molecule has 0 amide bonds. The zero-order valence-electron chi connectivity index (χ0n) is 16.2. The van der Waals surface area contributed by atoms with Crippen molar-refractivity contribution in [3.05, 3.63) is 12.2 Å². The molecule has 0 spiro atoms. The van der Waals surface area contributed by atoms with Crippen LogP contribution in [0.15, 0.2) is 12.2 Å². The molecule has 1 saturated heterocycles. The topological polar surface area (TPSA) is 133 Å². The molecule has 3 rings (SSSR count). The van der Waals surface area contributed by atoms with E-state index in [0.29, 0.717) is 0 Å². The van der Waals surface area contributed by atoms with Crippen LogP contribution in [0.3, 0.4) is 0 Å². The number of hydrogen-bond acceptors (Lipinski definition) is 8. The van der Waals surface area contributed by atoms with E-state index in [-0.39, 0.29) is 18.3 Å². The molecule has 32 heavy (non-hydrogen) atoms. The Morgan fingerprint density at radius 3 is 2.34 bits per heavy atom. The van der Waals surface area contributed by atoms with Gasteiger partial charge in [0.25, 0.3) is 6.10 Å². The van der Waals surface area contributed by atoms with E-state index in [1.807, 2.05) is 0 Å². The van der Waals surface area contributed by atoms with E-state index in [1.165, 1.54) is 6.92 Å². The van der Waals surface area contributed by atoms with Gasteiger partial charge in [-0.3, -0.25) is 9.35 Å². The lowest BCUT2D eigenvalue weighted by Crippen LogP contribution is -2.55. The third kappa shape index (κ3) is 3.50. The predicted octanol–water partition coefficient (Wildman–Crippen LogP) is 1.28. The van der Waals surface area contributed by atoms with E-state index in [4.69, 9.17) is 14.0 Å². The average molecular weight is 492 g/mol. The van der Waals surface area contributed by atoms with Crippen molar-refractivity contribution in [3.8, 4) is 0 Å². The number of alkyl halides is 5. The van der Waals surface area contributed by atoms with Crippen molar-refractivity contribution in [2.75, 3.05) is 6.61 Å². The Hall–Kier alpha value is -2.13. The van der Waals surface area contributed by atoms with E-state index >= 15 is 0 Å². The summed E-state index contributed by atoms with van der Waals surface area (Å²) >= 11 is 0.